The van der Waals surface area contributed by atoms with Crippen LogP contribution in [-0.4, -0.2) is 32.0 Å². The summed E-state index contributed by atoms with van der Waals surface area (Å²) < 4.78 is 9.64. The number of hydrogen-bond donors (Lipinski definition) is 0. The van der Waals surface area contributed by atoms with Gasteiger partial charge in [-0.3, -0.25) is 9.25 Å². The van der Waals surface area contributed by atoms with Gasteiger partial charge < -0.3 is 4.74 Å². The Morgan fingerprint density at radius 1 is 1.28 bits per heavy atom. The van der Waals surface area contributed by atoms with Crippen LogP contribution in [0.25, 0.3) is 5.82 Å². The third-order valence-electron chi connectivity index (χ3n) is 3.37. The lowest BCUT2D eigenvalue weighted by Gasteiger charge is -2.10. The maximum Gasteiger partial charge on any atom is 0.159 e. The molecule has 0 bridgehead atoms. The Hall–Kier alpha value is -1.62. The molecule has 2 aromatic heterocycles. The smallest absolute Gasteiger partial charge is 0.159 e. The Balaban J connectivity index is 1.51. The number of hydrogen-bond acceptors (Lipinski definition) is 3. The molecule has 96 valence electrons. The van der Waals surface area contributed by atoms with Gasteiger partial charge in [-0.1, -0.05) is 12.8 Å². The van der Waals surface area contributed by atoms with Gasteiger partial charge in [0.2, 0.25) is 0 Å². The van der Waals surface area contributed by atoms with Crippen LogP contribution >= 0.6 is 0 Å². The molecule has 1 aliphatic carbocycles. The molecule has 0 N–H and O–H groups in total. The van der Waals surface area contributed by atoms with Gasteiger partial charge in [0.1, 0.15) is 6.33 Å². The Labute approximate surface area is 106 Å². The average Bonchev–Trinajstić information content (AvgIpc) is 3.12. The number of nitrogens with zero attached hydrogens (tertiary/aromatic N) is 4. The third kappa shape index (κ3) is 2.61. The summed E-state index contributed by atoms with van der Waals surface area (Å²) in [7, 11) is 0. The van der Waals surface area contributed by atoms with Crippen molar-refractivity contribution in [3.05, 3.63) is 31.0 Å². The third-order valence-corrected chi connectivity index (χ3v) is 3.37. The van der Waals surface area contributed by atoms with Crippen LogP contribution in [0.15, 0.2) is 31.0 Å². The fourth-order valence-corrected chi connectivity index (χ4v) is 2.38. The topological polar surface area (TPSA) is 44.9 Å². The van der Waals surface area contributed by atoms with Gasteiger partial charge in [-0.05, 0) is 12.8 Å². The van der Waals surface area contributed by atoms with Crippen LogP contribution < -0.4 is 0 Å². The molecule has 18 heavy (non-hydrogen) atoms. The lowest BCUT2D eigenvalue weighted by atomic mass is 10.3. The van der Waals surface area contributed by atoms with E-state index in [4.69, 9.17) is 4.74 Å². The number of imidazole rings is 1. The highest BCUT2D eigenvalue weighted by atomic mass is 16.5. The van der Waals surface area contributed by atoms with E-state index in [1.807, 2.05) is 27.7 Å². The lowest BCUT2D eigenvalue weighted by molar-refractivity contribution is 0.0514. The normalized spacial score (nSPS) is 16.4. The molecule has 5 nitrogen and oxygen atoms in total. The maximum absolute atomic E-state index is 5.83. The lowest BCUT2D eigenvalue weighted by Crippen LogP contribution is -2.13. The number of ether oxygens (including phenoxy) is 1. The molecule has 2 heterocycles. The van der Waals surface area contributed by atoms with Crippen LogP contribution in [0.5, 0.6) is 0 Å². The summed E-state index contributed by atoms with van der Waals surface area (Å²) in [6, 6.07) is 1.98. The predicted octanol–water partition coefficient (Wildman–Crippen LogP) is 2.03. The molecule has 0 unspecified atom stereocenters. The van der Waals surface area contributed by atoms with Crippen LogP contribution in [0.1, 0.15) is 25.7 Å². The van der Waals surface area contributed by atoms with Gasteiger partial charge in [0.05, 0.1) is 19.3 Å². The van der Waals surface area contributed by atoms with Crippen molar-refractivity contribution < 1.29 is 4.74 Å². The highest BCUT2D eigenvalue weighted by Gasteiger charge is 2.14. The molecule has 3 rings (SSSR count). The molecule has 1 saturated carbocycles. The molecule has 0 radical (unpaired) electrons. The minimum absolute atomic E-state index is 0.480. The molecule has 0 saturated heterocycles. The van der Waals surface area contributed by atoms with Gasteiger partial charge in [-0.15, -0.1) is 0 Å². The molecule has 2 aromatic rings. The minimum Gasteiger partial charge on any atom is -0.376 e. The second-order valence-corrected chi connectivity index (χ2v) is 4.68. The zero-order valence-corrected chi connectivity index (χ0v) is 10.4. The number of aromatic nitrogens is 4. The second-order valence-electron chi connectivity index (χ2n) is 4.68. The Bertz CT molecular complexity index is 471. The van der Waals surface area contributed by atoms with E-state index >= 15 is 0 Å². The van der Waals surface area contributed by atoms with Crippen LogP contribution in [-0.2, 0) is 11.3 Å². The first-order valence-electron chi connectivity index (χ1n) is 6.55. The Kier molecular flexibility index (Phi) is 3.41. The summed E-state index contributed by atoms with van der Waals surface area (Å²) in [5, 5.41) is 4.48. The summed E-state index contributed by atoms with van der Waals surface area (Å²) in [5.41, 5.74) is 0. The Morgan fingerprint density at radius 3 is 2.94 bits per heavy atom. The van der Waals surface area contributed by atoms with E-state index in [0.717, 1.165) is 19.0 Å². The maximum atomic E-state index is 5.83. The van der Waals surface area contributed by atoms with E-state index in [2.05, 4.69) is 10.1 Å². The summed E-state index contributed by atoms with van der Waals surface area (Å²) in [6.07, 6.45) is 12.9. The van der Waals surface area contributed by atoms with E-state index in [1.54, 1.807) is 12.5 Å². The van der Waals surface area contributed by atoms with Crippen molar-refractivity contribution >= 4 is 0 Å². The van der Waals surface area contributed by atoms with Gasteiger partial charge >= 0.3 is 0 Å². The summed E-state index contributed by atoms with van der Waals surface area (Å²) in [6.45, 7) is 1.56. The van der Waals surface area contributed by atoms with E-state index in [9.17, 15) is 0 Å². The first-order valence-corrected chi connectivity index (χ1v) is 6.55. The van der Waals surface area contributed by atoms with Crippen molar-refractivity contribution in [2.24, 2.45) is 0 Å². The molecule has 0 aliphatic heterocycles. The molecule has 5 heteroatoms. The highest BCUT2D eigenvalue weighted by Crippen LogP contribution is 2.20. The molecule has 0 amide bonds. The summed E-state index contributed by atoms with van der Waals surface area (Å²) >= 11 is 0. The van der Waals surface area contributed by atoms with E-state index in [0.29, 0.717) is 6.10 Å². The van der Waals surface area contributed by atoms with E-state index in [-0.39, 0.29) is 0 Å². The highest BCUT2D eigenvalue weighted by molar-refractivity contribution is 5.18. The Morgan fingerprint density at radius 2 is 2.17 bits per heavy atom. The SMILES string of the molecule is c1cn(-c2ccn(CCOC3CCCC3)n2)cn1. The first kappa shape index (κ1) is 11.5. The fraction of sp³-hybridized carbons (Fsp3) is 0.538. The first-order chi connectivity index (χ1) is 8.92. The second kappa shape index (κ2) is 5.35. The standard InChI is InChI=1S/C13H18N4O/c1-2-4-12(3-1)18-10-9-17-7-5-13(15-17)16-8-6-14-11-16/h5-8,11-12H,1-4,9-10H2. The largest absolute Gasteiger partial charge is 0.376 e. The quantitative estimate of drug-likeness (QED) is 0.811. The number of rotatable bonds is 5. The van der Waals surface area contributed by atoms with Crippen molar-refractivity contribution in [3.63, 3.8) is 0 Å². The van der Waals surface area contributed by atoms with Gasteiger partial charge in [0.15, 0.2) is 5.82 Å². The van der Waals surface area contributed by atoms with Gasteiger partial charge in [0.25, 0.3) is 0 Å². The van der Waals surface area contributed by atoms with E-state index < -0.39 is 0 Å². The summed E-state index contributed by atoms with van der Waals surface area (Å²) in [4.78, 5) is 4.01. The molecule has 1 fully saturated rings. The minimum atomic E-state index is 0.480. The van der Waals surface area contributed by atoms with Crippen molar-refractivity contribution in [2.45, 2.75) is 38.3 Å². The molecule has 1 aliphatic rings. The van der Waals surface area contributed by atoms with E-state index in [1.165, 1.54) is 25.7 Å². The molecule has 0 spiro atoms. The molecule has 0 aromatic carbocycles. The van der Waals surface area contributed by atoms with Crippen molar-refractivity contribution in [1.82, 2.24) is 19.3 Å². The van der Waals surface area contributed by atoms with Crippen LogP contribution in [0.3, 0.4) is 0 Å². The van der Waals surface area contributed by atoms with Crippen molar-refractivity contribution in [2.75, 3.05) is 6.61 Å². The van der Waals surface area contributed by atoms with Crippen LogP contribution in [0.4, 0.5) is 0 Å². The zero-order valence-electron chi connectivity index (χ0n) is 10.4. The molecule has 0 atom stereocenters. The predicted molar refractivity (Wildman–Crippen MR) is 67.6 cm³/mol. The van der Waals surface area contributed by atoms with Crippen LogP contribution in [0.2, 0.25) is 0 Å². The van der Waals surface area contributed by atoms with Gasteiger partial charge in [-0.2, -0.15) is 5.10 Å². The van der Waals surface area contributed by atoms with Gasteiger partial charge in [-0.25, -0.2) is 4.98 Å². The zero-order chi connectivity index (χ0) is 12.2. The van der Waals surface area contributed by atoms with Crippen molar-refractivity contribution in [3.8, 4) is 5.82 Å². The monoisotopic (exact) mass is 246 g/mol. The molecular formula is C13H18N4O. The fourth-order valence-electron chi connectivity index (χ4n) is 2.38. The summed E-state index contributed by atoms with van der Waals surface area (Å²) in [5.74, 6) is 0.897. The average molecular weight is 246 g/mol. The van der Waals surface area contributed by atoms with Gasteiger partial charge in [0, 0.05) is 24.7 Å². The van der Waals surface area contributed by atoms with Crippen LogP contribution in [0, 0.1) is 0 Å². The molecular weight excluding hydrogens is 228 g/mol. The van der Waals surface area contributed by atoms with Crippen molar-refractivity contribution in [1.29, 1.82) is 0 Å².